The Labute approximate surface area is 298 Å². The summed E-state index contributed by atoms with van der Waals surface area (Å²) in [6, 6.07) is 51.8. The van der Waals surface area contributed by atoms with E-state index >= 15 is 0 Å². The van der Waals surface area contributed by atoms with Crippen molar-refractivity contribution >= 4 is 39.9 Å². The molecule has 0 spiro atoms. The molecule has 3 atom stereocenters. The third-order valence-electron chi connectivity index (χ3n) is 11.7. The van der Waals surface area contributed by atoms with Gasteiger partial charge in [0.25, 0.3) is 0 Å². The van der Waals surface area contributed by atoms with Crippen molar-refractivity contribution in [3.05, 3.63) is 185 Å². The minimum Gasteiger partial charge on any atom is -0.338 e. The molecule has 1 aliphatic heterocycles. The summed E-state index contributed by atoms with van der Waals surface area (Å²) in [4.78, 5) is 2.64. The molecule has 0 bridgehead atoms. The fraction of sp³-hybridized carbons (Fsp3) is 0.224. The maximum Gasteiger partial charge on any atom is 0.0450 e. The number of fused-ring (bicyclic) bond motifs is 4. The van der Waals surface area contributed by atoms with Crippen LogP contribution in [-0.2, 0) is 5.41 Å². The normalized spacial score (nSPS) is 17.6. The SMILES string of the molecule is Cc1ccc2ccccc2c1C(C)(C)C(C)/C=C/c1ccc2c(c1)C1CCCC1N2c1ccc(C=C(c2ccccc2)c2ccccc2)cc1. The van der Waals surface area contributed by atoms with Gasteiger partial charge < -0.3 is 4.90 Å². The average Bonchev–Trinajstić information content (AvgIpc) is 3.75. The van der Waals surface area contributed by atoms with Gasteiger partial charge in [-0.05, 0) is 117 Å². The number of aryl methyl sites for hydroxylation is 1. The van der Waals surface area contributed by atoms with Crippen molar-refractivity contribution in [2.75, 3.05) is 4.90 Å². The van der Waals surface area contributed by atoms with Crippen molar-refractivity contribution in [1.29, 1.82) is 0 Å². The second kappa shape index (κ2) is 13.3. The minimum atomic E-state index is -0.00414. The van der Waals surface area contributed by atoms with Crippen molar-refractivity contribution in [3.8, 4) is 0 Å². The highest BCUT2D eigenvalue weighted by atomic mass is 15.2. The van der Waals surface area contributed by atoms with Crippen molar-refractivity contribution in [3.63, 3.8) is 0 Å². The zero-order valence-corrected chi connectivity index (χ0v) is 29.8. The highest BCUT2D eigenvalue weighted by molar-refractivity contribution is 5.92. The molecule has 6 aromatic rings. The molecule has 8 rings (SSSR count). The summed E-state index contributed by atoms with van der Waals surface area (Å²) < 4.78 is 0. The highest BCUT2D eigenvalue weighted by Gasteiger charge is 2.42. The van der Waals surface area contributed by atoms with Crippen molar-refractivity contribution < 1.29 is 0 Å². The van der Waals surface area contributed by atoms with E-state index in [1.54, 1.807) is 0 Å². The molecule has 0 radical (unpaired) electrons. The Balaban J connectivity index is 1.07. The Bertz CT molecular complexity index is 2150. The molecule has 2 aliphatic rings. The second-order valence-corrected chi connectivity index (χ2v) is 15.0. The van der Waals surface area contributed by atoms with Crippen molar-refractivity contribution in [1.82, 2.24) is 0 Å². The summed E-state index contributed by atoms with van der Waals surface area (Å²) in [5.41, 5.74) is 13.3. The van der Waals surface area contributed by atoms with Crippen LogP contribution in [0.25, 0.3) is 28.5 Å². The summed E-state index contributed by atoms with van der Waals surface area (Å²) in [5, 5.41) is 2.70. The third kappa shape index (κ3) is 5.90. The molecule has 0 aromatic heterocycles. The summed E-state index contributed by atoms with van der Waals surface area (Å²) in [7, 11) is 0. The second-order valence-electron chi connectivity index (χ2n) is 15.0. The van der Waals surface area contributed by atoms with Crippen LogP contribution in [0.2, 0.25) is 0 Å². The lowest BCUT2D eigenvalue weighted by molar-refractivity contribution is 0.412. The summed E-state index contributed by atoms with van der Waals surface area (Å²) in [5.74, 6) is 0.959. The van der Waals surface area contributed by atoms with Crippen molar-refractivity contribution in [2.24, 2.45) is 5.92 Å². The molecular weight excluding hydrogens is 603 g/mol. The van der Waals surface area contributed by atoms with Gasteiger partial charge in [0.05, 0.1) is 0 Å². The standard InChI is InChI=1S/C49H47N/c1-34-22-28-40-18-11-12-19-42(40)48(34)49(3,4)35(2)23-24-36-27-31-47-45(33-36)43-20-13-21-46(43)50(47)41-29-25-37(26-30-41)32-44(38-14-7-5-8-15-38)39-16-9-6-10-17-39/h5-12,14-19,22-33,35,43,46H,13,20-21H2,1-4H3/b24-23+. The first-order valence-corrected chi connectivity index (χ1v) is 18.4. The molecule has 0 amide bonds. The number of anilines is 2. The van der Waals surface area contributed by atoms with Gasteiger partial charge in [-0.25, -0.2) is 0 Å². The Kier molecular flexibility index (Phi) is 8.53. The van der Waals surface area contributed by atoms with Gasteiger partial charge in [-0.3, -0.25) is 0 Å². The van der Waals surface area contributed by atoms with Crippen LogP contribution in [0.15, 0.2) is 146 Å². The van der Waals surface area contributed by atoms with E-state index in [2.05, 4.69) is 190 Å². The van der Waals surface area contributed by atoms with E-state index in [1.165, 1.54) is 85.9 Å². The number of benzene rings is 6. The summed E-state index contributed by atoms with van der Waals surface area (Å²) >= 11 is 0. The van der Waals surface area contributed by atoms with Crippen LogP contribution in [0.3, 0.4) is 0 Å². The van der Waals surface area contributed by atoms with Gasteiger partial charge in [0, 0.05) is 23.3 Å². The molecule has 50 heavy (non-hydrogen) atoms. The number of nitrogens with zero attached hydrogens (tertiary/aromatic N) is 1. The topological polar surface area (TPSA) is 3.24 Å². The van der Waals surface area contributed by atoms with Crippen LogP contribution < -0.4 is 4.90 Å². The van der Waals surface area contributed by atoms with Gasteiger partial charge in [0.1, 0.15) is 0 Å². The van der Waals surface area contributed by atoms with E-state index < -0.39 is 0 Å². The predicted octanol–water partition coefficient (Wildman–Crippen LogP) is 13.2. The fourth-order valence-corrected chi connectivity index (χ4v) is 8.74. The molecule has 1 aliphatic carbocycles. The predicted molar refractivity (Wildman–Crippen MR) is 215 cm³/mol. The van der Waals surface area contributed by atoms with E-state index in [0.717, 1.165) is 0 Å². The van der Waals surface area contributed by atoms with Crippen LogP contribution in [0, 0.1) is 12.8 Å². The summed E-state index contributed by atoms with van der Waals surface area (Å²) in [6.45, 7) is 9.46. The van der Waals surface area contributed by atoms with Crippen LogP contribution in [0.5, 0.6) is 0 Å². The largest absolute Gasteiger partial charge is 0.338 e. The zero-order valence-electron chi connectivity index (χ0n) is 29.8. The molecule has 1 fully saturated rings. The first-order valence-electron chi connectivity index (χ1n) is 18.4. The van der Waals surface area contributed by atoms with E-state index in [4.69, 9.17) is 0 Å². The van der Waals surface area contributed by atoms with E-state index in [0.29, 0.717) is 17.9 Å². The van der Waals surface area contributed by atoms with Gasteiger partial charge in [-0.2, -0.15) is 0 Å². The minimum absolute atomic E-state index is 0.00414. The zero-order chi connectivity index (χ0) is 34.2. The molecule has 248 valence electrons. The van der Waals surface area contributed by atoms with Crippen LogP contribution >= 0.6 is 0 Å². The van der Waals surface area contributed by atoms with E-state index in [9.17, 15) is 0 Å². The number of hydrogen-bond donors (Lipinski definition) is 0. The Morgan fingerprint density at radius 1 is 0.720 bits per heavy atom. The maximum atomic E-state index is 2.64. The van der Waals surface area contributed by atoms with Crippen molar-refractivity contribution in [2.45, 2.75) is 64.3 Å². The molecule has 3 unspecified atom stereocenters. The lowest BCUT2D eigenvalue weighted by Crippen LogP contribution is -2.26. The number of rotatable bonds is 8. The molecule has 0 N–H and O–H groups in total. The molecule has 1 heteroatoms. The Morgan fingerprint density at radius 3 is 2.10 bits per heavy atom. The lowest BCUT2D eigenvalue weighted by Gasteiger charge is -2.33. The molecular formula is C49H47N. The van der Waals surface area contributed by atoms with Gasteiger partial charge in [-0.1, -0.05) is 155 Å². The van der Waals surface area contributed by atoms with Gasteiger partial charge in [-0.15, -0.1) is 0 Å². The molecule has 1 saturated carbocycles. The smallest absolute Gasteiger partial charge is 0.0450 e. The van der Waals surface area contributed by atoms with Gasteiger partial charge in [0.15, 0.2) is 0 Å². The summed E-state index contributed by atoms with van der Waals surface area (Å²) in [6.07, 6.45) is 10.9. The fourth-order valence-electron chi connectivity index (χ4n) is 8.74. The highest BCUT2D eigenvalue weighted by Crippen LogP contribution is 2.52. The van der Waals surface area contributed by atoms with Gasteiger partial charge in [0.2, 0.25) is 0 Å². The number of allylic oxidation sites excluding steroid dienone is 1. The van der Waals surface area contributed by atoms with E-state index in [1.807, 2.05) is 0 Å². The van der Waals surface area contributed by atoms with Gasteiger partial charge >= 0.3 is 0 Å². The first-order chi connectivity index (χ1) is 24.4. The Morgan fingerprint density at radius 2 is 1.38 bits per heavy atom. The molecule has 0 saturated heterocycles. The third-order valence-corrected chi connectivity index (χ3v) is 11.7. The lowest BCUT2D eigenvalue weighted by atomic mass is 9.71. The Hall–Kier alpha value is -5.14. The van der Waals surface area contributed by atoms with E-state index in [-0.39, 0.29) is 5.41 Å². The number of hydrogen-bond acceptors (Lipinski definition) is 1. The molecule has 6 aromatic carbocycles. The van der Waals surface area contributed by atoms with Crippen LogP contribution in [0.1, 0.15) is 84.9 Å². The van der Waals surface area contributed by atoms with Crippen LogP contribution in [0.4, 0.5) is 11.4 Å². The maximum absolute atomic E-state index is 2.64. The average molecular weight is 650 g/mol. The quantitative estimate of drug-likeness (QED) is 0.148. The monoisotopic (exact) mass is 649 g/mol. The molecule has 1 heterocycles. The van der Waals surface area contributed by atoms with Crippen LogP contribution in [-0.4, -0.2) is 6.04 Å². The first kappa shape index (κ1) is 32.1. The molecule has 1 nitrogen and oxygen atoms in total.